The predicted octanol–water partition coefficient (Wildman–Crippen LogP) is 6.40. The zero-order valence-corrected chi connectivity index (χ0v) is 20.9. The van der Waals surface area contributed by atoms with Crippen molar-refractivity contribution in [2.24, 2.45) is 0 Å². The summed E-state index contributed by atoms with van der Waals surface area (Å²) in [7, 11) is 1.63. The minimum Gasteiger partial charge on any atom is -0.495 e. The van der Waals surface area contributed by atoms with Crippen molar-refractivity contribution >= 4 is 39.7 Å². The van der Waals surface area contributed by atoms with E-state index in [0.29, 0.717) is 17.2 Å². The Bertz CT molecular complexity index is 1100. The normalized spacial score (nSPS) is 16.7. The Labute approximate surface area is 206 Å². The van der Waals surface area contributed by atoms with Crippen LogP contribution in [0.3, 0.4) is 0 Å². The van der Waals surface area contributed by atoms with Crippen molar-refractivity contribution in [1.29, 1.82) is 0 Å². The van der Waals surface area contributed by atoms with E-state index in [1.165, 1.54) is 0 Å². The Balaban J connectivity index is 1.52. The van der Waals surface area contributed by atoms with Crippen LogP contribution >= 0.6 is 23.2 Å². The Hall–Kier alpha value is -1.98. The Kier molecular flexibility index (Phi) is 7.70. The van der Waals surface area contributed by atoms with Crippen LogP contribution in [-0.4, -0.2) is 49.0 Å². The van der Waals surface area contributed by atoms with E-state index in [-0.39, 0.29) is 0 Å². The third-order valence-electron chi connectivity index (χ3n) is 6.66. The quantitative estimate of drug-likeness (QED) is 0.399. The number of hydrogen-bond donors (Lipinski definition) is 1. The number of aliphatic hydroxyl groups is 1. The maximum absolute atomic E-state index is 11.9. The van der Waals surface area contributed by atoms with Gasteiger partial charge in [-0.25, -0.2) is 0 Å². The first-order valence-corrected chi connectivity index (χ1v) is 12.4. The smallest absolute Gasteiger partial charge is 0.138 e. The minimum atomic E-state index is -0.875. The number of methoxy groups -OCH3 is 1. The van der Waals surface area contributed by atoms with Gasteiger partial charge in [0.25, 0.3) is 0 Å². The predicted molar refractivity (Wildman–Crippen MR) is 139 cm³/mol. The third kappa shape index (κ3) is 5.41. The van der Waals surface area contributed by atoms with Crippen LogP contribution in [0.4, 0.5) is 5.69 Å². The Morgan fingerprint density at radius 3 is 2.48 bits per heavy atom. The van der Waals surface area contributed by atoms with Gasteiger partial charge in [-0.05, 0) is 48.1 Å². The highest BCUT2D eigenvalue weighted by molar-refractivity contribution is 6.37. The van der Waals surface area contributed by atoms with Crippen molar-refractivity contribution in [3.63, 3.8) is 0 Å². The Morgan fingerprint density at radius 1 is 1.00 bits per heavy atom. The molecule has 3 aromatic rings. The van der Waals surface area contributed by atoms with E-state index in [1.807, 2.05) is 36.4 Å². The molecule has 1 N–H and O–H groups in total. The molecule has 0 spiro atoms. The lowest BCUT2D eigenvalue weighted by Crippen LogP contribution is -2.58. The number of ether oxygens (including phenoxy) is 1. The van der Waals surface area contributed by atoms with Gasteiger partial charge in [0.05, 0.1) is 12.1 Å². The van der Waals surface area contributed by atoms with Crippen LogP contribution in [0.2, 0.25) is 10.0 Å². The Morgan fingerprint density at radius 2 is 1.79 bits per heavy atom. The molecular formula is C27H32Cl2N2O2. The zero-order chi connectivity index (χ0) is 23.4. The number of benzene rings is 3. The van der Waals surface area contributed by atoms with Crippen LogP contribution in [0.1, 0.15) is 31.7 Å². The summed E-state index contributed by atoms with van der Waals surface area (Å²) in [4.78, 5) is 4.60. The van der Waals surface area contributed by atoms with Crippen molar-refractivity contribution < 1.29 is 9.84 Å². The summed E-state index contributed by atoms with van der Waals surface area (Å²) in [5.74, 6) is 0.675. The summed E-state index contributed by atoms with van der Waals surface area (Å²) in [6, 6.07) is 18.2. The van der Waals surface area contributed by atoms with Crippen molar-refractivity contribution in [1.82, 2.24) is 4.90 Å². The van der Waals surface area contributed by atoms with Crippen LogP contribution in [0.25, 0.3) is 10.8 Å². The van der Waals surface area contributed by atoms with Crippen molar-refractivity contribution in [2.45, 2.75) is 38.3 Å². The first-order valence-electron chi connectivity index (χ1n) is 11.7. The molecule has 1 aliphatic rings. The highest BCUT2D eigenvalue weighted by Crippen LogP contribution is 2.34. The second-order valence-corrected chi connectivity index (χ2v) is 9.67. The fraction of sp³-hybridized carbons (Fsp3) is 0.407. The zero-order valence-electron chi connectivity index (χ0n) is 19.4. The lowest BCUT2D eigenvalue weighted by atomic mass is 9.93. The lowest BCUT2D eigenvalue weighted by Gasteiger charge is -2.45. The lowest BCUT2D eigenvalue weighted by molar-refractivity contribution is -0.117. The molecule has 33 heavy (non-hydrogen) atoms. The second-order valence-electron chi connectivity index (χ2n) is 8.85. The molecule has 1 saturated heterocycles. The van der Waals surface area contributed by atoms with E-state index in [0.717, 1.165) is 72.5 Å². The molecule has 4 rings (SSSR count). The number of piperazine rings is 1. The van der Waals surface area contributed by atoms with Crippen LogP contribution in [0.5, 0.6) is 5.75 Å². The monoisotopic (exact) mass is 486 g/mol. The average Bonchev–Trinajstić information content (AvgIpc) is 2.83. The molecule has 0 bridgehead atoms. The molecule has 1 heterocycles. The summed E-state index contributed by atoms with van der Waals surface area (Å²) in [6.07, 6.45) is 3.38. The summed E-state index contributed by atoms with van der Waals surface area (Å²) in [5.41, 5.74) is 1.38. The largest absolute Gasteiger partial charge is 0.495 e. The van der Waals surface area contributed by atoms with Gasteiger partial charge in [0.2, 0.25) is 0 Å². The van der Waals surface area contributed by atoms with Gasteiger partial charge in [-0.1, -0.05) is 66.9 Å². The molecule has 0 radical (unpaired) electrons. The van der Waals surface area contributed by atoms with E-state index in [9.17, 15) is 5.11 Å². The first-order chi connectivity index (χ1) is 15.9. The van der Waals surface area contributed by atoms with Gasteiger partial charge in [0.15, 0.2) is 0 Å². The van der Waals surface area contributed by atoms with Gasteiger partial charge < -0.3 is 14.7 Å². The maximum Gasteiger partial charge on any atom is 0.138 e. The van der Waals surface area contributed by atoms with Gasteiger partial charge in [-0.2, -0.15) is 0 Å². The number of anilines is 1. The maximum atomic E-state index is 11.9. The second kappa shape index (κ2) is 10.5. The minimum absolute atomic E-state index is 0.587. The standard InChI is InChI=1S/C27H32Cl2N2O2/c1-3-4-12-27(32,31-15-13-30(14-16-31)23-7-5-6-22(28)18-23)19-20-8-10-24-21(17-20)9-11-25(33-2)26(24)29/h5-11,17-18,32H,3-4,12-16,19H2,1-2H3. The molecule has 0 aliphatic carbocycles. The summed E-state index contributed by atoms with van der Waals surface area (Å²) in [5, 5.41) is 15.3. The van der Waals surface area contributed by atoms with Crippen LogP contribution in [0, 0.1) is 0 Å². The summed E-state index contributed by atoms with van der Waals surface area (Å²) >= 11 is 12.7. The summed E-state index contributed by atoms with van der Waals surface area (Å²) in [6.45, 7) is 5.51. The molecule has 1 unspecified atom stereocenters. The number of halogens is 2. The van der Waals surface area contributed by atoms with Gasteiger partial charge in [-0.15, -0.1) is 0 Å². The van der Waals surface area contributed by atoms with Crippen LogP contribution < -0.4 is 9.64 Å². The molecule has 1 aliphatic heterocycles. The first kappa shape index (κ1) is 24.2. The molecule has 176 valence electrons. The number of fused-ring (bicyclic) bond motifs is 1. The fourth-order valence-corrected chi connectivity index (χ4v) is 5.28. The molecule has 3 aromatic carbocycles. The van der Waals surface area contributed by atoms with Gasteiger partial charge in [-0.3, -0.25) is 4.90 Å². The molecule has 1 atom stereocenters. The van der Waals surface area contributed by atoms with E-state index < -0.39 is 5.72 Å². The van der Waals surface area contributed by atoms with E-state index in [1.54, 1.807) is 7.11 Å². The van der Waals surface area contributed by atoms with Crippen LogP contribution in [-0.2, 0) is 6.42 Å². The number of rotatable bonds is 8. The van der Waals surface area contributed by atoms with E-state index in [4.69, 9.17) is 27.9 Å². The molecule has 0 amide bonds. The topological polar surface area (TPSA) is 35.9 Å². The van der Waals surface area contributed by atoms with Crippen molar-refractivity contribution in [3.05, 3.63) is 70.2 Å². The molecule has 0 aromatic heterocycles. The van der Waals surface area contributed by atoms with Crippen molar-refractivity contribution in [3.8, 4) is 5.75 Å². The van der Waals surface area contributed by atoms with Gasteiger partial charge >= 0.3 is 0 Å². The van der Waals surface area contributed by atoms with Crippen molar-refractivity contribution in [2.75, 3.05) is 38.2 Å². The van der Waals surface area contributed by atoms with Gasteiger partial charge in [0.1, 0.15) is 11.5 Å². The highest BCUT2D eigenvalue weighted by atomic mass is 35.5. The SMILES string of the molecule is CCCCC(O)(Cc1ccc2c(Cl)c(OC)ccc2c1)N1CCN(c2cccc(Cl)c2)CC1. The van der Waals surface area contributed by atoms with E-state index in [2.05, 4.69) is 34.9 Å². The van der Waals surface area contributed by atoms with Crippen LogP contribution in [0.15, 0.2) is 54.6 Å². The number of hydrogen-bond acceptors (Lipinski definition) is 4. The third-order valence-corrected chi connectivity index (χ3v) is 7.29. The van der Waals surface area contributed by atoms with E-state index >= 15 is 0 Å². The highest BCUT2D eigenvalue weighted by Gasteiger charge is 2.36. The fourth-order valence-electron chi connectivity index (χ4n) is 4.79. The molecule has 4 nitrogen and oxygen atoms in total. The molecule has 1 fully saturated rings. The molecular weight excluding hydrogens is 455 g/mol. The number of nitrogens with zero attached hydrogens (tertiary/aromatic N) is 2. The summed E-state index contributed by atoms with van der Waals surface area (Å²) < 4.78 is 5.34. The van der Waals surface area contributed by atoms with Gasteiger partial charge in [0, 0.05) is 48.7 Å². The number of unbranched alkanes of at least 4 members (excludes halogenated alkanes) is 1. The average molecular weight is 487 g/mol. The molecule has 0 saturated carbocycles. The molecule has 6 heteroatoms.